The number of hydrogen-bond acceptors (Lipinski definition) is 4. The van der Waals surface area contributed by atoms with E-state index in [1.165, 1.54) is 0 Å². The van der Waals surface area contributed by atoms with Gasteiger partial charge in [-0.1, -0.05) is 42.5 Å². The molecule has 1 aliphatic rings. The molecule has 1 amide bonds. The second kappa shape index (κ2) is 8.33. The molecule has 2 aromatic rings. The van der Waals surface area contributed by atoms with E-state index in [-0.39, 0.29) is 5.91 Å². The first-order valence-electron chi connectivity index (χ1n) is 8.16. The number of anilines is 1. The lowest BCUT2D eigenvalue weighted by Gasteiger charge is -2.24. The summed E-state index contributed by atoms with van der Waals surface area (Å²) in [5.41, 5.74) is 8.13. The average Bonchev–Trinajstić information content (AvgIpc) is 2.74. The van der Waals surface area contributed by atoms with Crippen molar-refractivity contribution in [3.8, 4) is 0 Å². The molecular formula is C19H22N2O2S. The zero-order chi connectivity index (χ0) is 16.8. The molecule has 1 atom stereocenters. The molecule has 1 aliphatic heterocycles. The molecule has 0 aliphatic carbocycles. The lowest BCUT2D eigenvalue weighted by atomic mass is 10.2. The Morgan fingerprint density at radius 3 is 2.71 bits per heavy atom. The van der Waals surface area contributed by atoms with E-state index in [4.69, 9.17) is 10.5 Å². The molecule has 0 bridgehead atoms. The van der Waals surface area contributed by atoms with Crippen LogP contribution in [0.25, 0.3) is 0 Å². The number of thioether (sulfide) groups is 1. The smallest absolute Gasteiger partial charge is 0.244 e. The van der Waals surface area contributed by atoms with E-state index in [0.29, 0.717) is 25.5 Å². The minimum atomic E-state index is -0.451. The second-order valence-corrected chi connectivity index (χ2v) is 6.83. The SMILES string of the molecule is NC1CSc2ccccc2N(CCCOCc2ccccc2)C1=O. The maximum absolute atomic E-state index is 12.5. The normalized spacial score (nSPS) is 17.5. The van der Waals surface area contributed by atoms with Crippen LogP contribution in [0.4, 0.5) is 5.69 Å². The fourth-order valence-electron chi connectivity index (χ4n) is 2.69. The summed E-state index contributed by atoms with van der Waals surface area (Å²) in [6.07, 6.45) is 0.782. The third-order valence-corrected chi connectivity index (χ3v) is 5.12. The monoisotopic (exact) mass is 342 g/mol. The van der Waals surface area contributed by atoms with Crippen LogP contribution in [0.15, 0.2) is 59.5 Å². The third kappa shape index (κ3) is 4.17. The molecule has 1 heterocycles. The molecule has 5 heteroatoms. The van der Waals surface area contributed by atoms with Gasteiger partial charge in [0.2, 0.25) is 5.91 Å². The first-order valence-corrected chi connectivity index (χ1v) is 9.15. The highest BCUT2D eigenvalue weighted by Crippen LogP contribution is 2.33. The van der Waals surface area contributed by atoms with Gasteiger partial charge in [0, 0.05) is 23.8 Å². The van der Waals surface area contributed by atoms with Crippen molar-refractivity contribution in [1.29, 1.82) is 0 Å². The number of benzene rings is 2. The van der Waals surface area contributed by atoms with Crippen LogP contribution in [0.1, 0.15) is 12.0 Å². The van der Waals surface area contributed by atoms with Crippen LogP contribution in [-0.4, -0.2) is 30.9 Å². The third-order valence-electron chi connectivity index (χ3n) is 3.94. The number of hydrogen-bond donors (Lipinski definition) is 1. The van der Waals surface area contributed by atoms with Crippen molar-refractivity contribution in [1.82, 2.24) is 0 Å². The number of carbonyl (C=O) groups is 1. The first kappa shape index (κ1) is 17.0. The van der Waals surface area contributed by atoms with Crippen LogP contribution in [0, 0.1) is 0 Å². The molecule has 0 saturated carbocycles. The van der Waals surface area contributed by atoms with E-state index in [0.717, 1.165) is 22.6 Å². The molecule has 4 nitrogen and oxygen atoms in total. The van der Waals surface area contributed by atoms with E-state index >= 15 is 0 Å². The molecule has 0 aromatic heterocycles. The molecule has 1 unspecified atom stereocenters. The summed E-state index contributed by atoms with van der Waals surface area (Å²) in [5.74, 6) is 0.618. The highest BCUT2D eigenvalue weighted by molar-refractivity contribution is 7.99. The minimum Gasteiger partial charge on any atom is -0.377 e. The van der Waals surface area contributed by atoms with Crippen molar-refractivity contribution >= 4 is 23.4 Å². The number of carbonyl (C=O) groups excluding carboxylic acids is 1. The van der Waals surface area contributed by atoms with E-state index in [1.807, 2.05) is 59.5 Å². The molecule has 0 radical (unpaired) electrons. The summed E-state index contributed by atoms with van der Waals surface area (Å²) in [4.78, 5) is 15.5. The maximum atomic E-state index is 12.5. The van der Waals surface area contributed by atoms with E-state index in [2.05, 4.69) is 0 Å². The molecule has 3 rings (SSSR count). The predicted molar refractivity (Wildman–Crippen MR) is 98.2 cm³/mol. The Kier molecular flexibility index (Phi) is 5.91. The number of para-hydroxylation sites is 1. The minimum absolute atomic E-state index is 0.00416. The molecular weight excluding hydrogens is 320 g/mol. The van der Waals surface area contributed by atoms with Gasteiger partial charge in [-0.25, -0.2) is 0 Å². The summed E-state index contributed by atoms with van der Waals surface area (Å²) in [5, 5.41) is 0. The highest BCUT2D eigenvalue weighted by atomic mass is 32.2. The molecule has 2 aromatic carbocycles. The maximum Gasteiger partial charge on any atom is 0.244 e. The fraction of sp³-hybridized carbons (Fsp3) is 0.316. The van der Waals surface area contributed by atoms with Crippen LogP contribution in [-0.2, 0) is 16.1 Å². The lowest BCUT2D eigenvalue weighted by molar-refractivity contribution is -0.119. The van der Waals surface area contributed by atoms with Crippen LogP contribution < -0.4 is 10.6 Å². The zero-order valence-corrected chi connectivity index (χ0v) is 14.4. The van der Waals surface area contributed by atoms with Gasteiger partial charge < -0.3 is 15.4 Å². The van der Waals surface area contributed by atoms with Gasteiger partial charge in [-0.2, -0.15) is 0 Å². The Morgan fingerprint density at radius 2 is 1.88 bits per heavy atom. The molecule has 0 spiro atoms. The highest BCUT2D eigenvalue weighted by Gasteiger charge is 2.27. The summed E-state index contributed by atoms with van der Waals surface area (Å²) in [6.45, 7) is 1.84. The molecule has 126 valence electrons. The number of fused-ring (bicyclic) bond motifs is 1. The van der Waals surface area contributed by atoms with Crippen molar-refractivity contribution in [2.75, 3.05) is 23.8 Å². The molecule has 24 heavy (non-hydrogen) atoms. The average molecular weight is 342 g/mol. The molecule has 2 N–H and O–H groups in total. The van der Waals surface area contributed by atoms with Crippen molar-refractivity contribution in [2.24, 2.45) is 5.73 Å². The quantitative estimate of drug-likeness (QED) is 0.820. The van der Waals surface area contributed by atoms with Gasteiger partial charge in [-0.3, -0.25) is 4.79 Å². The van der Waals surface area contributed by atoms with Gasteiger partial charge in [-0.05, 0) is 24.1 Å². The van der Waals surface area contributed by atoms with Gasteiger partial charge in [0.15, 0.2) is 0 Å². The van der Waals surface area contributed by atoms with Gasteiger partial charge in [-0.15, -0.1) is 11.8 Å². The Balaban J connectivity index is 1.56. The Morgan fingerprint density at radius 1 is 1.12 bits per heavy atom. The lowest BCUT2D eigenvalue weighted by Crippen LogP contribution is -2.44. The van der Waals surface area contributed by atoms with Crippen LogP contribution in [0.2, 0.25) is 0 Å². The van der Waals surface area contributed by atoms with Crippen LogP contribution >= 0.6 is 11.8 Å². The summed E-state index contributed by atoms with van der Waals surface area (Å²) < 4.78 is 5.72. The van der Waals surface area contributed by atoms with Crippen molar-refractivity contribution in [3.63, 3.8) is 0 Å². The number of rotatable bonds is 6. The number of nitrogens with zero attached hydrogens (tertiary/aromatic N) is 1. The number of amides is 1. The largest absolute Gasteiger partial charge is 0.377 e. The second-order valence-electron chi connectivity index (χ2n) is 5.77. The van der Waals surface area contributed by atoms with Gasteiger partial charge in [0.1, 0.15) is 0 Å². The predicted octanol–water partition coefficient (Wildman–Crippen LogP) is 3.06. The van der Waals surface area contributed by atoms with Crippen molar-refractivity contribution < 1.29 is 9.53 Å². The van der Waals surface area contributed by atoms with E-state index in [1.54, 1.807) is 11.8 Å². The molecule has 0 fully saturated rings. The van der Waals surface area contributed by atoms with Gasteiger partial charge in [0.05, 0.1) is 18.3 Å². The molecule has 0 saturated heterocycles. The summed E-state index contributed by atoms with van der Waals surface area (Å²) >= 11 is 1.65. The van der Waals surface area contributed by atoms with E-state index in [9.17, 15) is 4.79 Å². The van der Waals surface area contributed by atoms with Crippen LogP contribution in [0.3, 0.4) is 0 Å². The van der Waals surface area contributed by atoms with Crippen LogP contribution in [0.5, 0.6) is 0 Å². The number of ether oxygens (including phenoxy) is 1. The number of nitrogens with two attached hydrogens (primary N) is 1. The van der Waals surface area contributed by atoms with Crippen molar-refractivity contribution in [2.45, 2.75) is 24.0 Å². The Hall–Kier alpha value is -1.82. The van der Waals surface area contributed by atoms with Crippen molar-refractivity contribution in [3.05, 3.63) is 60.2 Å². The Labute approximate surface area is 147 Å². The zero-order valence-electron chi connectivity index (χ0n) is 13.6. The van der Waals surface area contributed by atoms with E-state index < -0.39 is 6.04 Å². The summed E-state index contributed by atoms with van der Waals surface area (Å²) in [6, 6.07) is 17.6. The fourth-order valence-corrected chi connectivity index (χ4v) is 3.69. The standard InChI is InChI=1S/C19H22N2O2S/c20-16-14-24-18-10-5-4-9-17(18)21(19(16)22)11-6-12-23-13-15-7-2-1-3-8-15/h1-5,7-10,16H,6,11-14,20H2. The topological polar surface area (TPSA) is 55.6 Å². The first-order chi connectivity index (χ1) is 11.8. The summed E-state index contributed by atoms with van der Waals surface area (Å²) in [7, 11) is 0. The Bertz CT molecular complexity index is 678. The van der Waals surface area contributed by atoms with Gasteiger partial charge >= 0.3 is 0 Å². The van der Waals surface area contributed by atoms with Gasteiger partial charge in [0.25, 0.3) is 0 Å².